The number of halogens is 2. The molecule has 0 fully saturated rings. The van der Waals surface area contributed by atoms with Gasteiger partial charge in [0.2, 0.25) is 0 Å². The average Bonchev–Trinajstić information content (AvgIpc) is 1.91. The minimum atomic E-state index is 0.382. The van der Waals surface area contributed by atoms with Crippen LogP contribution in [0.25, 0.3) is 5.73 Å². The van der Waals surface area contributed by atoms with Crippen LogP contribution in [-0.2, 0) is 12.9 Å². The summed E-state index contributed by atoms with van der Waals surface area (Å²) in [5, 5.41) is 0. The number of nitrogens with one attached hydrogen (secondary N) is 1. The smallest absolute Gasteiger partial charge is 0.0624 e. The minimum absolute atomic E-state index is 0.382. The maximum Gasteiger partial charge on any atom is -0.0624 e. The van der Waals surface area contributed by atoms with Crippen LogP contribution in [-0.4, -0.2) is 0 Å². The van der Waals surface area contributed by atoms with Gasteiger partial charge in [-0.3, -0.25) is 0 Å². The van der Waals surface area contributed by atoms with E-state index in [-0.39, 0.29) is 0 Å². The van der Waals surface area contributed by atoms with Gasteiger partial charge in [0.25, 0.3) is 0 Å². The minimum Gasteiger partial charge on any atom is -0.699 e. The summed E-state index contributed by atoms with van der Waals surface area (Å²) in [5.41, 5.74) is 7.57. The number of hydrogen-bond donors (Lipinski definition) is 0. The standard InChI is InChI=1S/C6H6N.2ClH.Co/c7-6-4-2-1-3-5-6;;;/h1-5,7H;2*1H;/q-1;;;+3/p-2. The van der Waals surface area contributed by atoms with Gasteiger partial charge in [-0.2, -0.15) is 0 Å². The van der Waals surface area contributed by atoms with Gasteiger partial charge in [-0.15, -0.1) is 5.69 Å². The Morgan fingerprint density at radius 1 is 1.10 bits per heavy atom. The molecule has 0 saturated carbocycles. The summed E-state index contributed by atoms with van der Waals surface area (Å²) in [7, 11) is 9.47. The Balaban J connectivity index is 0.000000236. The largest absolute Gasteiger partial charge is 0.699 e. The predicted octanol–water partition coefficient (Wildman–Crippen LogP) is 3.75. The summed E-state index contributed by atoms with van der Waals surface area (Å²) in [6.45, 7) is 0. The predicted molar refractivity (Wildman–Crippen MR) is 42.1 cm³/mol. The van der Waals surface area contributed by atoms with Crippen LogP contribution in [0.2, 0.25) is 0 Å². The zero-order valence-corrected chi connectivity index (χ0v) is 7.53. The number of benzene rings is 1. The Kier molecular flexibility index (Phi) is 7.29. The average molecular weight is 222 g/mol. The van der Waals surface area contributed by atoms with Gasteiger partial charge in [0.15, 0.2) is 0 Å². The molecule has 0 aliphatic carbocycles. The van der Waals surface area contributed by atoms with Gasteiger partial charge in [-0.25, -0.2) is 0 Å². The first kappa shape index (κ1) is 10.1. The van der Waals surface area contributed by atoms with Crippen molar-refractivity contribution in [2.45, 2.75) is 0 Å². The molecule has 0 saturated heterocycles. The third kappa shape index (κ3) is 6.23. The molecule has 0 radical (unpaired) electrons. The van der Waals surface area contributed by atoms with E-state index in [9.17, 15) is 0 Å². The van der Waals surface area contributed by atoms with Crippen LogP contribution in [0.5, 0.6) is 0 Å². The molecule has 0 atom stereocenters. The quantitative estimate of drug-likeness (QED) is 0.638. The number of rotatable bonds is 0. The molecule has 0 aliphatic rings. The van der Waals surface area contributed by atoms with Crippen LogP contribution in [0, 0.1) is 0 Å². The molecule has 4 heteroatoms. The Morgan fingerprint density at radius 2 is 1.50 bits per heavy atom. The van der Waals surface area contributed by atoms with Crippen LogP contribution < -0.4 is 0 Å². The van der Waals surface area contributed by atoms with E-state index in [1.54, 1.807) is 12.1 Å². The van der Waals surface area contributed by atoms with Crippen LogP contribution in [0.4, 0.5) is 5.69 Å². The van der Waals surface area contributed by atoms with E-state index in [2.05, 4.69) is 0 Å². The monoisotopic (exact) mass is 221 g/mol. The molecule has 0 amide bonds. The van der Waals surface area contributed by atoms with E-state index in [1.165, 1.54) is 0 Å². The number of hydrogen-bond acceptors (Lipinski definition) is 0. The molecular weight excluding hydrogens is 216 g/mol. The summed E-state index contributed by atoms with van der Waals surface area (Å²) >= 11 is 0.382. The second-order valence-corrected chi connectivity index (χ2v) is 3.13. The van der Waals surface area contributed by atoms with Gasteiger partial charge in [-0.05, 0) is 0 Å². The molecule has 10 heavy (non-hydrogen) atoms. The Labute approximate surface area is 75.0 Å². The van der Waals surface area contributed by atoms with Crippen molar-refractivity contribution < 1.29 is 12.9 Å². The Hall–Kier alpha value is 0.106. The van der Waals surface area contributed by atoms with E-state index in [1.807, 2.05) is 18.2 Å². The third-order valence-electron chi connectivity index (χ3n) is 0.774. The summed E-state index contributed by atoms with van der Waals surface area (Å²) in [6, 6.07) is 9.10. The molecule has 58 valence electrons. The first-order valence-electron chi connectivity index (χ1n) is 2.41. The molecule has 0 aliphatic heterocycles. The van der Waals surface area contributed by atoms with Gasteiger partial charge in [0, 0.05) is 0 Å². The van der Waals surface area contributed by atoms with Crippen molar-refractivity contribution >= 4 is 26.0 Å². The fourth-order valence-corrected chi connectivity index (χ4v) is 0.438. The normalized spacial score (nSPS) is 8.20. The van der Waals surface area contributed by atoms with Crippen LogP contribution in [0.15, 0.2) is 30.3 Å². The summed E-state index contributed by atoms with van der Waals surface area (Å²) in [4.78, 5) is 0. The molecule has 0 bridgehead atoms. The molecular formula is C6H6Cl2CoN. The molecule has 1 aromatic carbocycles. The van der Waals surface area contributed by atoms with Crippen molar-refractivity contribution in [3.05, 3.63) is 36.1 Å². The van der Waals surface area contributed by atoms with Gasteiger partial charge in [0.1, 0.15) is 0 Å². The molecule has 0 spiro atoms. The van der Waals surface area contributed by atoms with E-state index in [4.69, 9.17) is 26.0 Å². The zero-order valence-electron chi connectivity index (χ0n) is 4.98. The van der Waals surface area contributed by atoms with Crippen molar-refractivity contribution in [3.63, 3.8) is 0 Å². The topological polar surface area (TPSA) is 23.8 Å². The van der Waals surface area contributed by atoms with Crippen molar-refractivity contribution in [2.75, 3.05) is 0 Å². The van der Waals surface area contributed by atoms with Crippen LogP contribution in [0.3, 0.4) is 0 Å². The fraction of sp³-hybridized carbons (Fsp3) is 0. The summed E-state index contributed by atoms with van der Waals surface area (Å²) in [5.74, 6) is 0. The molecule has 1 nitrogen and oxygen atoms in total. The molecule has 0 unspecified atom stereocenters. The zero-order chi connectivity index (χ0) is 7.82. The summed E-state index contributed by atoms with van der Waals surface area (Å²) in [6.07, 6.45) is 0. The van der Waals surface area contributed by atoms with E-state index in [0.717, 1.165) is 0 Å². The second-order valence-electron chi connectivity index (χ2n) is 1.41. The third-order valence-corrected chi connectivity index (χ3v) is 0.774. The van der Waals surface area contributed by atoms with Crippen molar-refractivity contribution in [1.29, 1.82) is 0 Å². The van der Waals surface area contributed by atoms with Crippen LogP contribution >= 0.6 is 20.3 Å². The van der Waals surface area contributed by atoms with Crippen molar-refractivity contribution in [2.24, 2.45) is 0 Å². The molecule has 1 N–H and O–H groups in total. The molecule has 1 aromatic rings. The SMILES string of the molecule is [Cl][Co+][Cl].[NH-]c1ccccc1. The maximum atomic E-state index is 7.00. The van der Waals surface area contributed by atoms with E-state index >= 15 is 0 Å². The van der Waals surface area contributed by atoms with E-state index in [0.29, 0.717) is 18.6 Å². The van der Waals surface area contributed by atoms with E-state index < -0.39 is 0 Å². The van der Waals surface area contributed by atoms with Crippen molar-refractivity contribution in [3.8, 4) is 0 Å². The summed E-state index contributed by atoms with van der Waals surface area (Å²) < 4.78 is 0. The van der Waals surface area contributed by atoms with Gasteiger partial charge >= 0.3 is 33.2 Å². The van der Waals surface area contributed by atoms with Crippen molar-refractivity contribution in [1.82, 2.24) is 0 Å². The molecule has 0 heterocycles. The maximum absolute atomic E-state index is 7.00. The first-order chi connectivity index (χ1) is 4.81. The Bertz CT molecular complexity index is 157. The molecule has 0 aromatic heterocycles. The second kappa shape index (κ2) is 7.22. The van der Waals surface area contributed by atoms with Gasteiger partial charge < -0.3 is 5.73 Å². The fourth-order valence-electron chi connectivity index (χ4n) is 0.438. The first-order valence-corrected chi connectivity index (χ1v) is 5.28. The van der Waals surface area contributed by atoms with Crippen LogP contribution in [0.1, 0.15) is 0 Å². The van der Waals surface area contributed by atoms with Gasteiger partial charge in [0.05, 0.1) is 0 Å². The Morgan fingerprint density at radius 3 is 1.70 bits per heavy atom. The van der Waals surface area contributed by atoms with Gasteiger partial charge in [-0.1, -0.05) is 30.3 Å². The molecule has 1 rings (SSSR count).